The molecule has 3 rings (SSSR count). The number of amides is 2. The van der Waals surface area contributed by atoms with E-state index >= 15 is 0 Å². The van der Waals surface area contributed by atoms with Crippen LogP contribution in [0.2, 0.25) is 0 Å². The minimum atomic E-state index is -0.837. The number of carbonyl (C=O) groups excluding carboxylic acids is 2. The Morgan fingerprint density at radius 1 is 1.00 bits per heavy atom. The molecule has 0 aliphatic heterocycles. The number of aromatic nitrogens is 1. The van der Waals surface area contributed by atoms with Crippen molar-refractivity contribution in [3.63, 3.8) is 0 Å². The van der Waals surface area contributed by atoms with E-state index in [1.165, 1.54) is 18.3 Å². The molecule has 0 fully saturated rings. The molecule has 31 heavy (non-hydrogen) atoms. The van der Waals surface area contributed by atoms with Gasteiger partial charge in [0.05, 0.1) is 11.9 Å². The van der Waals surface area contributed by atoms with E-state index in [-0.39, 0.29) is 12.5 Å². The van der Waals surface area contributed by atoms with Gasteiger partial charge >= 0.3 is 6.09 Å². The van der Waals surface area contributed by atoms with E-state index in [0.29, 0.717) is 12.1 Å². The molecule has 0 aliphatic carbocycles. The van der Waals surface area contributed by atoms with Gasteiger partial charge in [-0.2, -0.15) is 5.10 Å². The Kier molecular flexibility index (Phi) is 7.88. The third-order valence-electron chi connectivity index (χ3n) is 4.46. The average molecular weight is 416 g/mol. The van der Waals surface area contributed by atoms with Gasteiger partial charge in [0, 0.05) is 19.7 Å². The molecule has 1 aromatic heterocycles. The predicted molar refractivity (Wildman–Crippen MR) is 118 cm³/mol. The molecule has 1 N–H and O–H groups in total. The van der Waals surface area contributed by atoms with E-state index in [1.54, 1.807) is 18.3 Å². The van der Waals surface area contributed by atoms with Crippen LogP contribution < -0.4 is 5.32 Å². The number of nitrogens with one attached hydrogen (secondary N) is 1. The lowest BCUT2D eigenvalue weighted by Crippen LogP contribution is -2.47. The van der Waals surface area contributed by atoms with Crippen molar-refractivity contribution in [3.8, 4) is 0 Å². The number of alkyl carbamates (subject to hydrolysis) is 1. The molecule has 2 aromatic carbocycles. The van der Waals surface area contributed by atoms with Crippen molar-refractivity contribution in [3.05, 3.63) is 102 Å². The predicted octanol–water partition coefficient (Wildman–Crippen LogP) is 3.41. The van der Waals surface area contributed by atoms with Gasteiger partial charge in [0.25, 0.3) is 5.91 Å². The highest BCUT2D eigenvalue weighted by atomic mass is 16.5. The Labute approximate surface area is 181 Å². The minimum Gasteiger partial charge on any atom is -0.445 e. The maximum absolute atomic E-state index is 13.0. The van der Waals surface area contributed by atoms with E-state index in [4.69, 9.17) is 4.74 Å². The first kappa shape index (κ1) is 21.7. The summed E-state index contributed by atoms with van der Waals surface area (Å²) in [4.78, 5) is 29.5. The number of benzene rings is 2. The fraction of sp³-hybridized carbons (Fsp3) is 0.167. The number of nitrogens with zero attached hydrogens (tertiary/aromatic N) is 3. The van der Waals surface area contributed by atoms with Gasteiger partial charge < -0.3 is 10.1 Å². The summed E-state index contributed by atoms with van der Waals surface area (Å²) in [5.74, 6) is -0.368. The molecule has 0 bridgehead atoms. The molecule has 158 valence electrons. The maximum atomic E-state index is 13.0. The number of pyridine rings is 1. The van der Waals surface area contributed by atoms with Gasteiger partial charge in [0.1, 0.15) is 12.6 Å². The second-order valence-electron chi connectivity index (χ2n) is 6.81. The Balaban J connectivity index is 1.66. The first-order chi connectivity index (χ1) is 15.1. The molecule has 0 aliphatic rings. The van der Waals surface area contributed by atoms with Crippen molar-refractivity contribution in [1.82, 2.24) is 15.3 Å². The van der Waals surface area contributed by atoms with Crippen molar-refractivity contribution in [2.45, 2.75) is 19.1 Å². The third kappa shape index (κ3) is 7.08. The zero-order valence-corrected chi connectivity index (χ0v) is 17.2. The Morgan fingerprint density at radius 3 is 2.29 bits per heavy atom. The second kappa shape index (κ2) is 11.3. The van der Waals surface area contributed by atoms with Gasteiger partial charge in [0.15, 0.2) is 0 Å². The van der Waals surface area contributed by atoms with Crippen LogP contribution in [0.25, 0.3) is 0 Å². The zero-order valence-electron chi connectivity index (χ0n) is 17.2. The SMILES string of the molecule is CN(/N=C/c1ccccn1)C(=O)[C@H](Cc1ccccc1)NC(=O)OCc1ccccc1. The molecule has 0 unspecified atom stereocenters. The highest BCUT2D eigenvalue weighted by Crippen LogP contribution is 2.07. The fourth-order valence-corrected chi connectivity index (χ4v) is 2.84. The number of hydrazone groups is 1. The first-order valence-corrected chi connectivity index (χ1v) is 9.85. The van der Waals surface area contributed by atoms with Crippen molar-refractivity contribution in [1.29, 1.82) is 0 Å². The topological polar surface area (TPSA) is 83.9 Å². The third-order valence-corrected chi connectivity index (χ3v) is 4.46. The number of hydrogen-bond donors (Lipinski definition) is 1. The van der Waals surface area contributed by atoms with Crippen LogP contribution in [0.15, 0.2) is 90.2 Å². The quantitative estimate of drug-likeness (QED) is 0.451. The first-order valence-electron chi connectivity index (χ1n) is 9.85. The highest BCUT2D eigenvalue weighted by molar-refractivity contribution is 5.87. The lowest BCUT2D eigenvalue weighted by atomic mass is 10.1. The molecule has 1 atom stereocenters. The molecule has 3 aromatic rings. The van der Waals surface area contributed by atoms with Crippen molar-refractivity contribution >= 4 is 18.2 Å². The standard InChI is InChI=1S/C24H24N4O3/c1-28(26-17-21-14-8-9-15-25-21)23(29)22(16-19-10-4-2-5-11-19)27-24(30)31-18-20-12-6-3-7-13-20/h2-15,17,22H,16,18H2,1H3,(H,27,30)/b26-17+/t22-/m0/s1. The molecular weight excluding hydrogens is 392 g/mol. The second-order valence-corrected chi connectivity index (χ2v) is 6.81. The summed E-state index contributed by atoms with van der Waals surface area (Å²) in [5.41, 5.74) is 2.39. The van der Waals surface area contributed by atoms with Crippen molar-refractivity contribution < 1.29 is 14.3 Å². The molecule has 7 heteroatoms. The Hall–Kier alpha value is -4.00. The van der Waals surface area contributed by atoms with Crippen molar-refractivity contribution in [2.24, 2.45) is 5.10 Å². The zero-order chi connectivity index (χ0) is 21.9. The highest BCUT2D eigenvalue weighted by Gasteiger charge is 2.25. The Bertz CT molecular complexity index is 995. The summed E-state index contributed by atoms with van der Waals surface area (Å²) in [7, 11) is 1.54. The smallest absolute Gasteiger partial charge is 0.408 e. The summed E-state index contributed by atoms with van der Waals surface area (Å²) in [5, 5.41) is 8.03. The monoisotopic (exact) mass is 416 g/mol. The molecule has 2 amide bonds. The van der Waals surface area contributed by atoms with Crippen LogP contribution in [-0.4, -0.2) is 41.3 Å². The number of carbonyl (C=O) groups is 2. The minimum absolute atomic E-state index is 0.118. The van der Waals surface area contributed by atoms with Gasteiger partial charge in [-0.05, 0) is 23.3 Å². The number of likely N-dealkylation sites (N-methyl/N-ethyl adjacent to an activating group) is 1. The van der Waals surface area contributed by atoms with Crippen LogP contribution in [-0.2, 0) is 22.6 Å². The molecule has 1 heterocycles. The van der Waals surface area contributed by atoms with Crippen LogP contribution in [0, 0.1) is 0 Å². The number of rotatable bonds is 8. The Morgan fingerprint density at radius 2 is 1.65 bits per heavy atom. The molecule has 0 radical (unpaired) electrons. The lowest BCUT2D eigenvalue weighted by molar-refractivity contribution is -0.132. The van der Waals surface area contributed by atoms with Gasteiger partial charge in [0.2, 0.25) is 0 Å². The van der Waals surface area contributed by atoms with Gasteiger partial charge in [-0.1, -0.05) is 66.7 Å². The van der Waals surface area contributed by atoms with Crippen LogP contribution in [0.1, 0.15) is 16.8 Å². The lowest BCUT2D eigenvalue weighted by Gasteiger charge is -2.21. The van der Waals surface area contributed by atoms with E-state index in [1.807, 2.05) is 66.7 Å². The largest absolute Gasteiger partial charge is 0.445 e. The number of hydrogen-bond acceptors (Lipinski definition) is 5. The maximum Gasteiger partial charge on any atom is 0.408 e. The molecule has 0 saturated heterocycles. The molecular formula is C24H24N4O3. The molecule has 0 saturated carbocycles. The molecule has 7 nitrogen and oxygen atoms in total. The normalized spacial score (nSPS) is 11.6. The summed E-state index contributed by atoms with van der Waals surface area (Å²) in [6, 6.07) is 23.4. The van der Waals surface area contributed by atoms with Crippen LogP contribution in [0.3, 0.4) is 0 Å². The van der Waals surface area contributed by atoms with Crippen LogP contribution in [0.5, 0.6) is 0 Å². The average Bonchev–Trinajstić information content (AvgIpc) is 2.82. The van der Waals surface area contributed by atoms with E-state index < -0.39 is 12.1 Å². The summed E-state index contributed by atoms with van der Waals surface area (Å²) in [6.07, 6.45) is 2.78. The fourth-order valence-electron chi connectivity index (χ4n) is 2.84. The summed E-state index contributed by atoms with van der Waals surface area (Å²) >= 11 is 0. The van der Waals surface area contributed by atoms with E-state index in [2.05, 4.69) is 15.4 Å². The van der Waals surface area contributed by atoms with Gasteiger partial charge in [-0.15, -0.1) is 0 Å². The van der Waals surface area contributed by atoms with E-state index in [0.717, 1.165) is 11.1 Å². The molecule has 0 spiro atoms. The number of ether oxygens (including phenoxy) is 1. The van der Waals surface area contributed by atoms with Crippen molar-refractivity contribution in [2.75, 3.05) is 7.05 Å². The van der Waals surface area contributed by atoms with Crippen LogP contribution >= 0.6 is 0 Å². The summed E-state index contributed by atoms with van der Waals surface area (Å²) < 4.78 is 5.29. The van der Waals surface area contributed by atoms with Crippen LogP contribution in [0.4, 0.5) is 4.79 Å². The van der Waals surface area contributed by atoms with Gasteiger partial charge in [-0.25, -0.2) is 9.80 Å². The van der Waals surface area contributed by atoms with E-state index in [9.17, 15) is 9.59 Å². The van der Waals surface area contributed by atoms with Gasteiger partial charge in [-0.3, -0.25) is 9.78 Å². The summed E-state index contributed by atoms with van der Waals surface area (Å²) in [6.45, 7) is 0.118.